The number of carboxylic acids is 1. The number of anilines is 2. The number of aromatic carboxylic acids is 1. The average Bonchev–Trinajstić information content (AvgIpc) is 2.93. The van der Waals surface area contributed by atoms with Crippen LogP contribution < -0.4 is 15.4 Å². The van der Waals surface area contributed by atoms with Crippen LogP contribution in [0.3, 0.4) is 0 Å². The number of nitrogens with one attached hydrogen (secondary N) is 2. The summed E-state index contributed by atoms with van der Waals surface area (Å²) in [6, 6.07) is 15.7. The van der Waals surface area contributed by atoms with Crippen LogP contribution in [-0.2, 0) is 0 Å². The van der Waals surface area contributed by atoms with Crippen LogP contribution in [0.15, 0.2) is 60.7 Å². The van der Waals surface area contributed by atoms with Crippen LogP contribution in [0.1, 0.15) is 74.2 Å². The molecule has 0 heterocycles. The summed E-state index contributed by atoms with van der Waals surface area (Å²) in [6.07, 6.45) is 8.91. The summed E-state index contributed by atoms with van der Waals surface area (Å²) in [5, 5.41) is 15.4. The van der Waals surface area contributed by atoms with Crippen molar-refractivity contribution in [3.63, 3.8) is 0 Å². The summed E-state index contributed by atoms with van der Waals surface area (Å²) in [5.74, 6) is -0.744. The largest absolute Gasteiger partial charge is 0.488 e. The highest BCUT2D eigenvalue weighted by Crippen LogP contribution is 2.37. The zero-order valence-electron chi connectivity index (χ0n) is 22.6. The Kier molecular flexibility index (Phi) is 9.58. The minimum Gasteiger partial charge on any atom is -0.488 e. The Morgan fingerprint density at radius 2 is 1.74 bits per heavy atom. The summed E-state index contributed by atoms with van der Waals surface area (Å²) in [4.78, 5) is 24.9. The molecule has 3 N–H and O–H groups in total. The molecule has 1 atom stereocenters. The van der Waals surface area contributed by atoms with Gasteiger partial charge in [0.1, 0.15) is 17.7 Å². The fourth-order valence-corrected chi connectivity index (χ4v) is 5.23. The van der Waals surface area contributed by atoms with E-state index in [9.17, 15) is 19.1 Å². The van der Waals surface area contributed by atoms with Crippen molar-refractivity contribution in [3.05, 3.63) is 77.6 Å². The predicted molar refractivity (Wildman–Crippen MR) is 153 cm³/mol. The number of hydrogen-bond donors (Lipinski definition) is 3. The van der Waals surface area contributed by atoms with E-state index in [1.54, 1.807) is 18.2 Å². The molecule has 4 rings (SSSR count). The van der Waals surface area contributed by atoms with Gasteiger partial charge in [-0.05, 0) is 85.7 Å². The second-order valence-electron chi connectivity index (χ2n) is 10.3. The topological polar surface area (TPSA) is 87.7 Å². The number of aryl methyl sites for hydroxylation is 1. The van der Waals surface area contributed by atoms with Gasteiger partial charge in [0.15, 0.2) is 0 Å². The van der Waals surface area contributed by atoms with E-state index >= 15 is 0 Å². The quantitative estimate of drug-likeness (QED) is 0.244. The van der Waals surface area contributed by atoms with Gasteiger partial charge in [-0.1, -0.05) is 62.8 Å². The minimum atomic E-state index is -1.16. The first kappa shape index (κ1) is 28.1. The molecule has 0 bridgehead atoms. The average molecular weight is 533 g/mol. The Morgan fingerprint density at radius 1 is 1.00 bits per heavy atom. The summed E-state index contributed by atoms with van der Waals surface area (Å²) in [7, 11) is 0. The Morgan fingerprint density at radius 3 is 2.44 bits per heavy atom. The fourth-order valence-electron chi connectivity index (χ4n) is 5.23. The number of carbonyl (C=O) groups excluding carboxylic acids is 1. The standard InChI is InChI=1S/C32H37FN2O4/c1-3-4-10-29(22-8-6-5-7-9-22)39-30-18-13-23(27-20-24(33)14-17-26(27)31(36)37)19-28(30)35-32(38)34-25-15-11-21(2)12-16-25/h11-20,22,29H,3-10H2,1-2H3,(H,36,37)(H2,34,35,38). The normalized spacial score (nSPS) is 14.4. The Hall–Kier alpha value is -3.87. The molecule has 3 aromatic rings. The summed E-state index contributed by atoms with van der Waals surface area (Å²) in [6.45, 7) is 4.13. The van der Waals surface area contributed by atoms with Crippen molar-refractivity contribution in [2.24, 2.45) is 5.92 Å². The highest BCUT2D eigenvalue weighted by Gasteiger charge is 2.26. The number of rotatable bonds is 10. The van der Waals surface area contributed by atoms with Crippen molar-refractivity contribution in [2.45, 2.75) is 71.3 Å². The minimum absolute atomic E-state index is 0.0144. The van der Waals surface area contributed by atoms with Crippen LogP contribution in [0.5, 0.6) is 5.75 Å². The fraction of sp³-hybridized carbons (Fsp3) is 0.375. The monoisotopic (exact) mass is 532 g/mol. The van der Waals surface area contributed by atoms with Crippen molar-refractivity contribution in [2.75, 3.05) is 10.6 Å². The van der Waals surface area contributed by atoms with Gasteiger partial charge in [0.2, 0.25) is 0 Å². The van der Waals surface area contributed by atoms with E-state index in [1.165, 1.54) is 31.4 Å². The maximum absolute atomic E-state index is 14.2. The van der Waals surface area contributed by atoms with Crippen LogP contribution in [0.2, 0.25) is 0 Å². The van der Waals surface area contributed by atoms with Crippen molar-refractivity contribution in [3.8, 4) is 16.9 Å². The molecular weight excluding hydrogens is 495 g/mol. The third-order valence-electron chi connectivity index (χ3n) is 7.36. The van der Waals surface area contributed by atoms with Gasteiger partial charge in [0, 0.05) is 5.69 Å². The van der Waals surface area contributed by atoms with Gasteiger partial charge in [0.05, 0.1) is 11.3 Å². The molecule has 0 radical (unpaired) electrons. The van der Waals surface area contributed by atoms with Crippen molar-refractivity contribution in [1.29, 1.82) is 0 Å². The molecule has 3 aromatic carbocycles. The van der Waals surface area contributed by atoms with E-state index < -0.39 is 17.8 Å². The molecule has 7 heteroatoms. The molecule has 39 heavy (non-hydrogen) atoms. The van der Waals surface area contributed by atoms with Gasteiger partial charge in [-0.3, -0.25) is 0 Å². The van der Waals surface area contributed by atoms with E-state index in [4.69, 9.17) is 4.74 Å². The molecule has 2 amide bonds. The van der Waals surface area contributed by atoms with Crippen molar-refractivity contribution in [1.82, 2.24) is 0 Å². The molecule has 1 saturated carbocycles. The number of amides is 2. The molecule has 1 aliphatic carbocycles. The Balaban J connectivity index is 1.68. The predicted octanol–water partition coefficient (Wildman–Crippen LogP) is 8.66. The number of carboxylic acid groups (broad SMARTS) is 1. The van der Waals surface area contributed by atoms with Gasteiger partial charge in [0.25, 0.3) is 0 Å². The lowest BCUT2D eigenvalue weighted by Crippen LogP contribution is -2.29. The van der Waals surface area contributed by atoms with E-state index in [-0.39, 0.29) is 17.2 Å². The van der Waals surface area contributed by atoms with E-state index in [2.05, 4.69) is 17.6 Å². The summed E-state index contributed by atoms with van der Waals surface area (Å²) >= 11 is 0. The lowest BCUT2D eigenvalue weighted by atomic mass is 9.83. The lowest BCUT2D eigenvalue weighted by Gasteiger charge is -2.31. The number of unbranched alkanes of at least 4 members (excludes halogenated alkanes) is 1. The number of halogens is 1. The maximum atomic E-state index is 14.2. The molecule has 1 unspecified atom stereocenters. The molecule has 0 aromatic heterocycles. The van der Waals surface area contributed by atoms with Crippen LogP contribution in [0.4, 0.5) is 20.6 Å². The van der Waals surface area contributed by atoms with E-state index in [0.717, 1.165) is 43.7 Å². The molecule has 1 aliphatic rings. The van der Waals surface area contributed by atoms with Gasteiger partial charge >= 0.3 is 12.0 Å². The lowest BCUT2D eigenvalue weighted by molar-refractivity contribution is 0.0697. The number of ether oxygens (including phenoxy) is 1. The smallest absolute Gasteiger partial charge is 0.336 e. The van der Waals surface area contributed by atoms with Crippen molar-refractivity contribution < 1.29 is 23.8 Å². The number of hydrogen-bond acceptors (Lipinski definition) is 3. The van der Waals surface area contributed by atoms with Crippen LogP contribution in [0, 0.1) is 18.7 Å². The third-order valence-corrected chi connectivity index (χ3v) is 7.36. The first-order chi connectivity index (χ1) is 18.8. The van der Waals surface area contributed by atoms with E-state index in [1.807, 2.05) is 31.2 Å². The number of benzene rings is 3. The summed E-state index contributed by atoms with van der Waals surface area (Å²) in [5.41, 5.74) is 2.78. The zero-order valence-corrected chi connectivity index (χ0v) is 22.6. The molecule has 1 fully saturated rings. The molecule has 206 valence electrons. The second kappa shape index (κ2) is 13.3. The zero-order chi connectivity index (χ0) is 27.8. The van der Waals surface area contributed by atoms with Crippen LogP contribution >= 0.6 is 0 Å². The third kappa shape index (κ3) is 7.59. The van der Waals surface area contributed by atoms with Crippen LogP contribution in [0.25, 0.3) is 11.1 Å². The Labute approximate surface area is 229 Å². The highest BCUT2D eigenvalue weighted by molar-refractivity contribution is 6.02. The highest BCUT2D eigenvalue weighted by atomic mass is 19.1. The number of urea groups is 1. The maximum Gasteiger partial charge on any atom is 0.336 e. The molecule has 0 saturated heterocycles. The number of carbonyl (C=O) groups is 2. The van der Waals surface area contributed by atoms with E-state index in [0.29, 0.717) is 28.6 Å². The van der Waals surface area contributed by atoms with Gasteiger partial charge in [-0.25, -0.2) is 14.0 Å². The first-order valence-electron chi connectivity index (χ1n) is 13.8. The molecule has 6 nitrogen and oxygen atoms in total. The molecule has 0 aliphatic heterocycles. The summed E-state index contributed by atoms with van der Waals surface area (Å²) < 4.78 is 20.8. The van der Waals surface area contributed by atoms with Crippen molar-refractivity contribution >= 4 is 23.4 Å². The molecule has 0 spiro atoms. The van der Waals surface area contributed by atoms with Gasteiger partial charge in [-0.2, -0.15) is 0 Å². The molecular formula is C32H37FN2O4. The second-order valence-corrected chi connectivity index (χ2v) is 10.3. The van der Waals surface area contributed by atoms with Crippen LogP contribution in [-0.4, -0.2) is 23.2 Å². The van der Waals surface area contributed by atoms with Gasteiger partial charge in [-0.15, -0.1) is 0 Å². The Bertz CT molecular complexity index is 1290. The van der Waals surface area contributed by atoms with Gasteiger partial charge < -0.3 is 20.5 Å². The first-order valence-corrected chi connectivity index (χ1v) is 13.8. The SMILES string of the molecule is CCCCC(Oc1ccc(-c2cc(F)ccc2C(=O)O)cc1NC(=O)Nc1ccc(C)cc1)C1CCCCC1.